The lowest BCUT2D eigenvalue weighted by atomic mass is 10.1. The molecule has 2 aromatic rings. The summed E-state index contributed by atoms with van der Waals surface area (Å²) in [7, 11) is -3.86. The molecule has 0 aliphatic heterocycles. The fourth-order valence-corrected chi connectivity index (χ4v) is 3.65. The van der Waals surface area contributed by atoms with E-state index in [1.165, 1.54) is 18.2 Å². The summed E-state index contributed by atoms with van der Waals surface area (Å²) < 4.78 is 27.2. The van der Waals surface area contributed by atoms with Crippen LogP contribution in [0.15, 0.2) is 53.4 Å². The maximum atomic E-state index is 12.4. The second-order valence-electron chi connectivity index (χ2n) is 4.46. The molecule has 5 nitrogen and oxygen atoms in total. The fourth-order valence-electron chi connectivity index (χ4n) is 1.88. The molecule has 0 saturated heterocycles. The van der Waals surface area contributed by atoms with Crippen LogP contribution in [-0.2, 0) is 10.0 Å². The zero-order chi connectivity index (χ0) is 15.5. The van der Waals surface area contributed by atoms with Gasteiger partial charge < -0.3 is 10.8 Å². The van der Waals surface area contributed by atoms with Gasteiger partial charge in [-0.1, -0.05) is 41.9 Å². The van der Waals surface area contributed by atoms with Crippen molar-refractivity contribution < 1.29 is 13.5 Å². The predicted molar refractivity (Wildman–Crippen MR) is 82.5 cm³/mol. The lowest BCUT2D eigenvalue weighted by Gasteiger charge is -2.17. The number of rotatable bonds is 5. The number of anilines is 1. The van der Waals surface area contributed by atoms with Gasteiger partial charge >= 0.3 is 0 Å². The lowest BCUT2D eigenvalue weighted by molar-refractivity contribution is 0.259. The van der Waals surface area contributed by atoms with Gasteiger partial charge in [-0.05, 0) is 23.8 Å². The SMILES string of the molecule is Nc1ccc(S(=O)(=O)NC(CO)c2ccccc2)c(Cl)c1. The molecule has 0 saturated carbocycles. The molecule has 0 amide bonds. The van der Waals surface area contributed by atoms with Crippen LogP contribution in [-0.4, -0.2) is 20.1 Å². The van der Waals surface area contributed by atoms with Gasteiger partial charge in [0.2, 0.25) is 10.0 Å². The third kappa shape index (κ3) is 3.74. The molecule has 112 valence electrons. The van der Waals surface area contributed by atoms with E-state index in [-0.39, 0.29) is 16.5 Å². The molecule has 0 aliphatic carbocycles. The Morgan fingerprint density at radius 1 is 1.19 bits per heavy atom. The zero-order valence-electron chi connectivity index (χ0n) is 11.0. The normalized spacial score (nSPS) is 13.0. The largest absolute Gasteiger partial charge is 0.399 e. The van der Waals surface area contributed by atoms with Crippen LogP contribution in [0.2, 0.25) is 5.02 Å². The lowest BCUT2D eigenvalue weighted by Crippen LogP contribution is -2.31. The number of halogens is 1. The third-order valence-corrected chi connectivity index (χ3v) is 4.88. The summed E-state index contributed by atoms with van der Waals surface area (Å²) in [6.45, 7) is -0.365. The Balaban J connectivity index is 2.32. The van der Waals surface area contributed by atoms with E-state index in [2.05, 4.69) is 4.72 Å². The Bertz CT molecular complexity index is 720. The van der Waals surface area contributed by atoms with Gasteiger partial charge in [-0.15, -0.1) is 0 Å². The van der Waals surface area contributed by atoms with Crippen molar-refractivity contribution in [1.82, 2.24) is 4.72 Å². The van der Waals surface area contributed by atoms with Gasteiger partial charge in [0.15, 0.2) is 0 Å². The molecule has 1 unspecified atom stereocenters. The summed E-state index contributed by atoms with van der Waals surface area (Å²) in [5, 5.41) is 9.46. The Morgan fingerprint density at radius 3 is 2.43 bits per heavy atom. The molecule has 0 radical (unpaired) electrons. The van der Waals surface area contributed by atoms with Crippen LogP contribution >= 0.6 is 11.6 Å². The van der Waals surface area contributed by atoms with Crippen molar-refractivity contribution in [3.05, 3.63) is 59.1 Å². The number of benzene rings is 2. The highest BCUT2D eigenvalue weighted by atomic mass is 35.5. The van der Waals surface area contributed by atoms with Crippen molar-refractivity contribution in [3.8, 4) is 0 Å². The number of aliphatic hydroxyl groups is 1. The van der Waals surface area contributed by atoms with Crippen LogP contribution in [0.25, 0.3) is 0 Å². The van der Waals surface area contributed by atoms with Gasteiger partial charge in [-0.3, -0.25) is 0 Å². The van der Waals surface area contributed by atoms with Crippen molar-refractivity contribution >= 4 is 27.3 Å². The van der Waals surface area contributed by atoms with Crippen LogP contribution in [0.5, 0.6) is 0 Å². The van der Waals surface area contributed by atoms with E-state index in [0.29, 0.717) is 11.3 Å². The van der Waals surface area contributed by atoms with Crippen molar-refractivity contribution in [3.63, 3.8) is 0 Å². The summed E-state index contributed by atoms with van der Waals surface area (Å²) in [4.78, 5) is -0.0762. The first-order valence-corrected chi connectivity index (χ1v) is 8.03. The summed E-state index contributed by atoms with van der Waals surface area (Å²) in [6, 6.07) is 12.2. The molecule has 0 aliphatic rings. The molecule has 2 rings (SSSR count). The van der Waals surface area contributed by atoms with Crippen molar-refractivity contribution in [1.29, 1.82) is 0 Å². The van der Waals surface area contributed by atoms with Crippen molar-refractivity contribution in [2.75, 3.05) is 12.3 Å². The van der Waals surface area contributed by atoms with Crippen molar-refractivity contribution in [2.24, 2.45) is 0 Å². The zero-order valence-corrected chi connectivity index (χ0v) is 12.6. The quantitative estimate of drug-likeness (QED) is 0.732. The topological polar surface area (TPSA) is 92.4 Å². The van der Waals surface area contributed by atoms with Gasteiger partial charge in [-0.25, -0.2) is 13.1 Å². The van der Waals surface area contributed by atoms with Crippen LogP contribution in [0.1, 0.15) is 11.6 Å². The molecule has 1 atom stereocenters. The maximum Gasteiger partial charge on any atom is 0.242 e. The first kappa shape index (κ1) is 15.8. The highest BCUT2D eigenvalue weighted by Crippen LogP contribution is 2.25. The number of nitrogen functional groups attached to an aromatic ring is 1. The highest BCUT2D eigenvalue weighted by molar-refractivity contribution is 7.89. The van der Waals surface area contributed by atoms with E-state index in [0.717, 1.165) is 0 Å². The molecule has 7 heteroatoms. The molecular formula is C14H15ClN2O3S. The highest BCUT2D eigenvalue weighted by Gasteiger charge is 2.23. The number of nitrogens with one attached hydrogen (secondary N) is 1. The van der Waals surface area contributed by atoms with Crippen LogP contribution in [0.4, 0.5) is 5.69 Å². The summed E-state index contributed by atoms with van der Waals surface area (Å²) in [5.41, 5.74) is 6.59. The van der Waals surface area contributed by atoms with E-state index in [9.17, 15) is 13.5 Å². The van der Waals surface area contributed by atoms with Crippen LogP contribution in [0, 0.1) is 0 Å². The number of hydrogen-bond donors (Lipinski definition) is 3. The van der Waals surface area contributed by atoms with E-state index >= 15 is 0 Å². The number of hydrogen-bond acceptors (Lipinski definition) is 4. The number of aliphatic hydroxyl groups excluding tert-OH is 1. The third-order valence-electron chi connectivity index (χ3n) is 2.93. The molecule has 0 fully saturated rings. The minimum absolute atomic E-state index is 0.0345. The van der Waals surface area contributed by atoms with Crippen molar-refractivity contribution in [2.45, 2.75) is 10.9 Å². The number of sulfonamides is 1. The second kappa shape index (κ2) is 6.44. The molecule has 0 aromatic heterocycles. The van der Waals surface area contributed by atoms with E-state index in [1.54, 1.807) is 24.3 Å². The summed E-state index contributed by atoms with van der Waals surface area (Å²) in [6.07, 6.45) is 0. The Hall–Kier alpha value is -1.60. The molecule has 21 heavy (non-hydrogen) atoms. The first-order valence-electron chi connectivity index (χ1n) is 6.17. The smallest absolute Gasteiger partial charge is 0.242 e. The second-order valence-corrected chi connectivity index (χ2v) is 6.55. The minimum atomic E-state index is -3.86. The Morgan fingerprint density at radius 2 is 1.86 bits per heavy atom. The predicted octanol–water partition coefficient (Wildman–Crippen LogP) is 1.93. The van der Waals surface area contributed by atoms with E-state index < -0.39 is 16.1 Å². The fraction of sp³-hybridized carbons (Fsp3) is 0.143. The number of nitrogens with two attached hydrogens (primary N) is 1. The molecule has 2 aromatic carbocycles. The standard InChI is InChI=1S/C14H15ClN2O3S/c15-12-8-11(16)6-7-14(12)21(19,20)17-13(9-18)10-4-2-1-3-5-10/h1-8,13,17-18H,9,16H2. The molecular weight excluding hydrogens is 312 g/mol. The van der Waals surface area contributed by atoms with Crippen LogP contribution < -0.4 is 10.5 Å². The molecule has 0 bridgehead atoms. The van der Waals surface area contributed by atoms with Gasteiger partial charge in [0, 0.05) is 5.69 Å². The molecule has 4 N–H and O–H groups in total. The minimum Gasteiger partial charge on any atom is -0.399 e. The monoisotopic (exact) mass is 326 g/mol. The maximum absolute atomic E-state index is 12.4. The molecule has 0 heterocycles. The van der Waals surface area contributed by atoms with Gasteiger partial charge in [0.05, 0.1) is 17.7 Å². The van der Waals surface area contributed by atoms with E-state index in [1.807, 2.05) is 6.07 Å². The van der Waals surface area contributed by atoms with Gasteiger partial charge in [0.1, 0.15) is 4.90 Å². The Labute approximate surface area is 128 Å². The van der Waals surface area contributed by atoms with Gasteiger partial charge in [0.25, 0.3) is 0 Å². The average molecular weight is 327 g/mol. The van der Waals surface area contributed by atoms with Gasteiger partial charge in [-0.2, -0.15) is 0 Å². The summed E-state index contributed by atoms with van der Waals surface area (Å²) >= 11 is 5.93. The average Bonchev–Trinajstić information content (AvgIpc) is 2.45. The first-order chi connectivity index (χ1) is 9.94. The molecule has 0 spiro atoms. The Kier molecular flexibility index (Phi) is 4.84. The van der Waals surface area contributed by atoms with E-state index in [4.69, 9.17) is 17.3 Å². The van der Waals surface area contributed by atoms with Crippen LogP contribution in [0.3, 0.4) is 0 Å². The summed E-state index contributed by atoms with van der Waals surface area (Å²) in [5.74, 6) is 0.